The van der Waals surface area contributed by atoms with Crippen LogP contribution < -0.4 is 5.73 Å². The van der Waals surface area contributed by atoms with E-state index in [-0.39, 0.29) is 0 Å². The van der Waals surface area contributed by atoms with Gasteiger partial charge in [0.2, 0.25) is 0 Å². The maximum atomic E-state index is 6.20. The molecule has 2 aromatic rings. The number of benzene rings is 1. The average Bonchev–Trinajstić information content (AvgIpc) is 2.83. The van der Waals surface area contributed by atoms with Crippen molar-refractivity contribution in [3.8, 4) is 0 Å². The highest BCUT2D eigenvalue weighted by Gasteiger charge is 2.17. The van der Waals surface area contributed by atoms with Gasteiger partial charge in [-0.25, -0.2) is 4.98 Å². The van der Waals surface area contributed by atoms with Gasteiger partial charge in [0.25, 0.3) is 0 Å². The summed E-state index contributed by atoms with van der Waals surface area (Å²) < 4.78 is 1.19. The van der Waals surface area contributed by atoms with Crippen molar-refractivity contribution < 1.29 is 0 Å². The Kier molecular flexibility index (Phi) is 3.25. The number of nitrogens with zero attached hydrogens (tertiary/aromatic N) is 1. The highest BCUT2D eigenvalue weighted by Crippen LogP contribution is 2.39. The zero-order valence-corrected chi connectivity index (χ0v) is 11.3. The first-order chi connectivity index (χ1) is 8.34. The van der Waals surface area contributed by atoms with Crippen LogP contribution in [0.1, 0.15) is 32.1 Å². The first kappa shape index (κ1) is 11.4. The van der Waals surface area contributed by atoms with Gasteiger partial charge in [0.05, 0.1) is 15.9 Å². The second kappa shape index (κ2) is 4.86. The van der Waals surface area contributed by atoms with Gasteiger partial charge in [-0.3, -0.25) is 0 Å². The third-order valence-electron chi connectivity index (χ3n) is 3.35. The molecule has 1 aliphatic carbocycles. The SMILES string of the molecule is Nc1c(SC2CCCCC2)ccc2scnc12. The summed E-state index contributed by atoms with van der Waals surface area (Å²) in [6.45, 7) is 0. The second-order valence-corrected chi connectivity index (χ2v) is 6.78. The number of rotatable bonds is 2. The number of thiazole rings is 1. The summed E-state index contributed by atoms with van der Waals surface area (Å²) in [6.07, 6.45) is 6.81. The molecule has 17 heavy (non-hydrogen) atoms. The summed E-state index contributed by atoms with van der Waals surface area (Å²) >= 11 is 3.60. The van der Waals surface area contributed by atoms with Crippen LogP contribution in [0.5, 0.6) is 0 Å². The van der Waals surface area contributed by atoms with Crippen LogP contribution in [0.15, 0.2) is 22.5 Å². The Morgan fingerprint density at radius 1 is 1.24 bits per heavy atom. The Hall–Kier alpha value is -0.740. The van der Waals surface area contributed by atoms with Gasteiger partial charge < -0.3 is 5.73 Å². The molecule has 1 fully saturated rings. The van der Waals surface area contributed by atoms with Crippen LogP contribution in [0.4, 0.5) is 5.69 Å². The van der Waals surface area contributed by atoms with E-state index in [1.54, 1.807) is 11.3 Å². The number of thioether (sulfide) groups is 1. The molecule has 90 valence electrons. The fourth-order valence-electron chi connectivity index (χ4n) is 2.40. The van der Waals surface area contributed by atoms with Gasteiger partial charge in [-0.15, -0.1) is 23.1 Å². The van der Waals surface area contributed by atoms with Crippen LogP contribution in [0, 0.1) is 0 Å². The first-order valence-electron chi connectivity index (χ1n) is 6.13. The molecule has 1 heterocycles. The predicted octanol–water partition coefficient (Wildman–Crippen LogP) is 4.30. The van der Waals surface area contributed by atoms with Crippen LogP contribution >= 0.6 is 23.1 Å². The van der Waals surface area contributed by atoms with Crippen molar-refractivity contribution in [2.75, 3.05) is 5.73 Å². The van der Waals surface area contributed by atoms with Gasteiger partial charge in [-0.05, 0) is 25.0 Å². The maximum absolute atomic E-state index is 6.20. The Balaban J connectivity index is 1.86. The molecule has 1 saturated carbocycles. The molecular formula is C13H16N2S2. The largest absolute Gasteiger partial charge is 0.396 e. The van der Waals surface area contributed by atoms with Gasteiger partial charge in [0, 0.05) is 10.1 Å². The molecule has 0 saturated heterocycles. The molecule has 3 rings (SSSR count). The van der Waals surface area contributed by atoms with E-state index in [4.69, 9.17) is 5.73 Å². The van der Waals surface area contributed by atoms with Crippen molar-refractivity contribution >= 4 is 39.0 Å². The molecule has 0 unspecified atom stereocenters. The van der Waals surface area contributed by atoms with E-state index in [9.17, 15) is 0 Å². The van der Waals surface area contributed by atoms with Crippen LogP contribution in [0.25, 0.3) is 10.2 Å². The van der Waals surface area contributed by atoms with Crippen molar-refractivity contribution in [1.29, 1.82) is 0 Å². The van der Waals surface area contributed by atoms with Gasteiger partial charge in [0.15, 0.2) is 0 Å². The van der Waals surface area contributed by atoms with Crippen molar-refractivity contribution in [3.63, 3.8) is 0 Å². The van der Waals surface area contributed by atoms with Gasteiger partial charge in [-0.2, -0.15) is 0 Å². The van der Waals surface area contributed by atoms with E-state index >= 15 is 0 Å². The minimum Gasteiger partial charge on any atom is -0.396 e. The highest BCUT2D eigenvalue weighted by molar-refractivity contribution is 8.00. The molecule has 2 N–H and O–H groups in total. The van der Waals surface area contributed by atoms with Crippen LogP contribution in [0.2, 0.25) is 0 Å². The van der Waals surface area contributed by atoms with E-state index in [0.717, 1.165) is 16.5 Å². The highest BCUT2D eigenvalue weighted by atomic mass is 32.2. The summed E-state index contributed by atoms with van der Waals surface area (Å²) in [5, 5.41) is 0.752. The summed E-state index contributed by atoms with van der Waals surface area (Å²) in [5.41, 5.74) is 9.93. The number of nitrogens with two attached hydrogens (primary N) is 1. The van der Waals surface area contributed by atoms with Gasteiger partial charge in [0.1, 0.15) is 5.52 Å². The normalized spacial score (nSPS) is 17.6. The molecule has 0 bridgehead atoms. The average molecular weight is 264 g/mol. The zero-order valence-electron chi connectivity index (χ0n) is 9.69. The van der Waals surface area contributed by atoms with Crippen molar-refractivity contribution in [2.24, 2.45) is 0 Å². The molecule has 0 spiro atoms. The lowest BCUT2D eigenvalue weighted by atomic mass is 10.0. The second-order valence-electron chi connectivity index (χ2n) is 4.55. The summed E-state index contributed by atoms with van der Waals surface area (Å²) in [6, 6.07) is 4.31. The van der Waals surface area contributed by atoms with Crippen LogP contribution in [0.3, 0.4) is 0 Å². The first-order valence-corrected chi connectivity index (χ1v) is 7.89. The number of aromatic nitrogens is 1. The van der Waals surface area contributed by atoms with Crippen LogP contribution in [-0.4, -0.2) is 10.2 Å². The minimum atomic E-state index is 0.752. The summed E-state index contributed by atoms with van der Waals surface area (Å²) in [7, 11) is 0. The lowest BCUT2D eigenvalue weighted by molar-refractivity contribution is 0.516. The monoisotopic (exact) mass is 264 g/mol. The van der Waals surface area contributed by atoms with Crippen molar-refractivity contribution in [2.45, 2.75) is 42.2 Å². The fourth-order valence-corrected chi connectivity index (χ4v) is 4.39. The number of hydrogen-bond acceptors (Lipinski definition) is 4. The molecule has 0 amide bonds. The quantitative estimate of drug-likeness (QED) is 0.822. The minimum absolute atomic E-state index is 0.752. The molecule has 4 heteroatoms. The van der Waals surface area contributed by atoms with Crippen molar-refractivity contribution in [1.82, 2.24) is 4.98 Å². The van der Waals surface area contributed by atoms with Gasteiger partial charge >= 0.3 is 0 Å². The molecule has 1 aromatic carbocycles. The number of fused-ring (bicyclic) bond motifs is 1. The third kappa shape index (κ3) is 2.29. The molecule has 1 aliphatic rings. The topological polar surface area (TPSA) is 38.9 Å². The predicted molar refractivity (Wildman–Crippen MR) is 76.8 cm³/mol. The number of hydrogen-bond donors (Lipinski definition) is 1. The summed E-state index contributed by atoms with van der Waals surface area (Å²) in [5.74, 6) is 0. The summed E-state index contributed by atoms with van der Waals surface area (Å²) in [4.78, 5) is 5.57. The third-order valence-corrected chi connectivity index (χ3v) is 5.56. The number of anilines is 1. The smallest absolute Gasteiger partial charge is 0.105 e. The zero-order chi connectivity index (χ0) is 11.7. The maximum Gasteiger partial charge on any atom is 0.105 e. The Bertz CT molecular complexity index is 515. The van der Waals surface area contributed by atoms with Crippen molar-refractivity contribution in [3.05, 3.63) is 17.6 Å². The van der Waals surface area contributed by atoms with E-state index in [2.05, 4.69) is 17.1 Å². The standard InChI is InChI=1S/C13H16N2S2/c14-12-10(17-9-4-2-1-3-5-9)6-7-11-13(12)15-8-16-11/h6-9H,1-5,14H2. The molecule has 0 aliphatic heterocycles. The molecule has 0 atom stereocenters. The molecule has 2 nitrogen and oxygen atoms in total. The number of nitrogen functional groups attached to an aromatic ring is 1. The van der Waals surface area contributed by atoms with E-state index in [0.29, 0.717) is 0 Å². The lowest BCUT2D eigenvalue weighted by Gasteiger charge is -2.21. The van der Waals surface area contributed by atoms with Crippen LogP contribution in [-0.2, 0) is 0 Å². The molecule has 1 aromatic heterocycles. The fraction of sp³-hybridized carbons (Fsp3) is 0.462. The Morgan fingerprint density at radius 3 is 2.88 bits per heavy atom. The van der Waals surface area contributed by atoms with Gasteiger partial charge in [-0.1, -0.05) is 19.3 Å². The molecular weight excluding hydrogens is 248 g/mol. The van der Waals surface area contributed by atoms with E-state index in [1.807, 2.05) is 17.3 Å². The van der Waals surface area contributed by atoms with E-state index in [1.165, 1.54) is 41.7 Å². The van der Waals surface area contributed by atoms with E-state index < -0.39 is 0 Å². The Morgan fingerprint density at radius 2 is 2.06 bits per heavy atom. The lowest BCUT2D eigenvalue weighted by Crippen LogP contribution is -2.08. The molecule has 0 radical (unpaired) electrons. The Labute approximate surface area is 110 Å².